The van der Waals surface area contributed by atoms with Crippen LogP contribution in [0, 0.1) is 13.8 Å². The summed E-state index contributed by atoms with van der Waals surface area (Å²) in [5.74, 6) is 1.30. The monoisotopic (exact) mass is 480 g/mol. The van der Waals surface area contributed by atoms with Crippen molar-refractivity contribution >= 4 is 40.7 Å². The first-order valence-electron chi connectivity index (χ1n) is 10.5. The summed E-state index contributed by atoms with van der Waals surface area (Å²) in [5.41, 5.74) is 2.41. The quantitative estimate of drug-likeness (QED) is 0.526. The molecule has 1 fully saturated rings. The van der Waals surface area contributed by atoms with E-state index in [1.165, 1.54) is 0 Å². The van der Waals surface area contributed by atoms with E-state index in [4.69, 9.17) is 9.47 Å². The van der Waals surface area contributed by atoms with Crippen molar-refractivity contribution < 1.29 is 23.9 Å². The minimum atomic E-state index is -0.402. The number of thioether (sulfide) groups is 1. The van der Waals surface area contributed by atoms with Gasteiger partial charge in [0.1, 0.15) is 0 Å². The fraction of sp³-hybridized carbons (Fsp3) is 0.273. The molecule has 2 aliphatic heterocycles. The van der Waals surface area contributed by atoms with Crippen molar-refractivity contribution in [2.75, 3.05) is 19.9 Å². The van der Waals surface area contributed by atoms with E-state index in [9.17, 15) is 14.4 Å². The van der Waals surface area contributed by atoms with Crippen LogP contribution in [0.15, 0.2) is 29.2 Å². The zero-order chi connectivity index (χ0) is 23.8. The van der Waals surface area contributed by atoms with E-state index in [-0.39, 0.29) is 37.4 Å². The Labute approximate surface area is 198 Å². The third kappa shape index (κ3) is 4.31. The molecule has 1 saturated heterocycles. The van der Waals surface area contributed by atoms with Crippen LogP contribution < -0.4 is 14.8 Å². The minimum Gasteiger partial charge on any atom is -0.454 e. The van der Waals surface area contributed by atoms with E-state index in [2.05, 4.69) is 20.4 Å². The van der Waals surface area contributed by atoms with Gasteiger partial charge in [-0.15, -0.1) is 5.10 Å². The molecule has 0 unspecified atom stereocenters. The van der Waals surface area contributed by atoms with Gasteiger partial charge in [0.2, 0.25) is 12.7 Å². The molecule has 12 heteroatoms. The van der Waals surface area contributed by atoms with Gasteiger partial charge < -0.3 is 14.8 Å². The highest BCUT2D eigenvalue weighted by atomic mass is 32.2. The smallest absolute Gasteiger partial charge is 0.293 e. The first-order chi connectivity index (χ1) is 16.4. The first-order valence-corrected chi connectivity index (χ1v) is 11.3. The summed E-state index contributed by atoms with van der Waals surface area (Å²) in [6.07, 6.45) is 1.60. The number of fused-ring (bicyclic) bond motifs is 2. The lowest BCUT2D eigenvalue weighted by atomic mass is 10.2. The Bertz CT molecular complexity index is 1370. The second-order valence-electron chi connectivity index (χ2n) is 7.75. The van der Waals surface area contributed by atoms with Crippen LogP contribution in [0.25, 0.3) is 11.9 Å². The van der Waals surface area contributed by atoms with Crippen molar-refractivity contribution in [1.82, 2.24) is 29.8 Å². The van der Waals surface area contributed by atoms with Gasteiger partial charge in [-0.3, -0.25) is 19.3 Å². The summed E-state index contributed by atoms with van der Waals surface area (Å²) >= 11 is 0.860. The van der Waals surface area contributed by atoms with Crippen LogP contribution in [0.5, 0.6) is 11.5 Å². The average Bonchev–Trinajstić information content (AvgIpc) is 3.47. The Morgan fingerprint density at radius 1 is 1.18 bits per heavy atom. The number of benzene rings is 1. The molecule has 0 bridgehead atoms. The number of rotatable bonds is 6. The van der Waals surface area contributed by atoms with Gasteiger partial charge in [-0.2, -0.15) is 4.98 Å². The molecule has 0 saturated carbocycles. The van der Waals surface area contributed by atoms with Gasteiger partial charge in [-0.1, -0.05) is 6.07 Å². The van der Waals surface area contributed by atoms with E-state index < -0.39 is 5.91 Å². The molecule has 0 spiro atoms. The van der Waals surface area contributed by atoms with Crippen LogP contribution >= 0.6 is 11.8 Å². The number of aryl methyl sites for hydroxylation is 2. The molecule has 3 amide bonds. The highest BCUT2D eigenvalue weighted by Crippen LogP contribution is 2.36. The number of carbonyl (C=O) groups excluding carboxylic acids is 3. The number of hydrogen-bond donors (Lipinski definition) is 1. The maximum Gasteiger partial charge on any atom is 0.293 e. The van der Waals surface area contributed by atoms with Gasteiger partial charge in [0.25, 0.3) is 16.9 Å². The zero-order valence-electron chi connectivity index (χ0n) is 18.4. The number of nitrogens with one attached hydrogen (secondary N) is 1. The van der Waals surface area contributed by atoms with Crippen LogP contribution in [-0.4, -0.2) is 61.4 Å². The molecule has 34 heavy (non-hydrogen) atoms. The molecule has 3 aromatic rings. The van der Waals surface area contributed by atoms with Crippen molar-refractivity contribution in [3.8, 4) is 11.5 Å². The Morgan fingerprint density at radius 3 is 2.85 bits per heavy atom. The summed E-state index contributed by atoms with van der Waals surface area (Å²) in [5, 5.41) is 6.63. The number of ether oxygens (including phenoxy) is 2. The van der Waals surface area contributed by atoms with Gasteiger partial charge in [0, 0.05) is 24.5 Å². The fourth-order valence-electron chi connectivity index (χ4n) is 3.64. The zero-order valence-corrected chi connectivity index (χ0v) is 19.2. The molecule has 1 N–H and O–H groups in total. The van der Waals surface area contributed by atoms with Crippen molar-refractivity contribution in [2.24, 2.45) is 0 Å². The van der Waals surface area contributed by atoms with E-state index in [1.807, 2.05) is 19.9 Å². The number of carbonyl (C=O) groups is 3. The van der Waals surface area contributed by atoms with Crippen LogP contribution in [0.3, 0.4) is 0 Å². The lowest BCUT2D eigenvalue weighted by Crippen LogP contribution is -2.37. The van der Waals surface area contributed by atoms with E-state index in [0.717, 1.165) is 33.6 Å². The second-order valence-corrected chi connectivity index (χ2v) is 8.74. The minimum absolute atomic E-state index is 0.0340. The molecule has 0 aliphatic carbocycles. The molecule has 11 nitrogen and oxygen atoms in total. The predicted molar refractivity (Wildman–Crippen MR) is 122 cm³/mol. The number of nitrogens with zero attached hydrogens (tertiary/aromatic N) is 5. The van der Waals surface area contributed by atoms with E-state index in [1.54, 1.807) is 28.8 Å². The van der Waals surface area contributed by atoms with Gasteiger partial charge in [-0.25, -0.2) is 9.50 Å². The molecular formula is C22H20N6O5S. The Kier molecular flexibility index (Phi) is 5.65. The molecule has 0 radical (unpaired) electrons. The van der Waals surface area contributed by atoms with Gasteiger partial charge in [-0.05, 0) is 55.4 Å². The van der Waals surface area contributed by atoms with Gasteiger partial charge in [0.05, 0.1) is 11.3 Å². The molecule has 1 aromatic carbocycles. The van der Waals surface area contributed by atoms with Crippen LogP contribution in [0.2, 0.25) is 0 Å². The molecular weight excluding hydrogens is 460 g/mol. The van der Waals surface area contributed by atoms with Gasteiger partial charge >= 0.3 is 0 Å². The summed E-state index contributed by atoms with van der Waals surface area (Å²) in [7, 11) is 0. The molecule has 5 rings (SSSR count). The molecule has 2 aliphatic rings. The van der Waals surface area contributed by atoms with Crippen molar-refractivity contribution in [3.05, 3.63) is 51.9 Å². The summed E-state index contributed by atoms with van der Waals surface area (Å²) in [6.45, 7) is 4.09. The highest BCUT2D eigenvalue weighted by Gasteiger charge is 2.34. The third-order valence-electron chi connectivity index (χ3n) is 5.21. The van der Waals surface area contributed by atoms with Gasteiger partial charge in [0.15, 0.2) is 17.3 Å². The summed E-state index contributed by atoms with van der Waals surface area (Å²) < 4.78 is 12.2. The van der Waals surface area contributed by atoms with Crippen molar-refractivity contribution in [3.63, 3.8) is 0 Å². The predicted octanol–water partition coefficient (Wildman–Crippen LogP) is 1.87. The molecule has 174 valence electrons. The average molecular weight is 481 g/mol. The van der Waals surface area contributed by atoms with E-state index in [0.29, 0.717) is 28.0 Å². The molecule has 0 atom stereocenters. The lowest BCUT2D eigenvalue weighted by molar-refractivity contribution is -0.124. The summed E-state index contributed by atoms with van der Waals surface area (Å²) in [6, 6.07) is 7.17. The highest BCUT2D eigenvalue weighted by molar-refractivity contribution is 8.18. The van der Waals surface area contributed by atoms with E-state index >= 15 is 0 Å². The number of aromatic nitrogens is 4. The van der Waals surface area contributed by atoms with Crippen LogP contribution in [0.1, 0.15) is 22.8 Å². The Balaban J connectivity index is 1.17. The second kappa shape index (κ2) is 8.78. The van der Waals surface area contributed by atoms with Crippen molar-refractivity contribution in [1.29, 1.82) is 0 Å². The number of imide groups is 1. The lowest BCUT2D eigenvalue weighted by Gasteiger charge is -2.12. The number of hydrogen-bond acceptors (Lipinski definition) is 9. The first kappa shape index (κ1) is 21.9. The standard InChI is InChI=1S/C22H20N6O5S/c1-12-7-13(2)28-21(24-12)25-18(26-28)10-19(29)23-5-6-27-20(30)17(34-22(27)31)9-14-3-4-15-16(8-14)33-11-32-15/h3-4,7-9H,5-6,10-11H2,1-2H3,(H,23,29)/b17-9+. The Morgan fingerprint density at radius 2 is 2.00 bits per heavy atom. The SMILES string of the molecule is Cc1cc(C)n2nc(CC(=O)NCCN3C(=O)S/C(=C/c4ccc5c(c4)OCO5)C3=O)nc2n1. The van der Waals surface area contributed by atoms with Crippen LogP contribution in [-0.2, 0) is 16.0 Å². The van der Waals surface area contributed by atoms with Crippen molar-refractivity contribution in [2.45, 2.75) is 20.3 Å². The molecule has 2 aromatic heterocycles. The Hall–Kier alpha value is -3.93. The normalized spacial score (nSPS) is 16.2. The number of amides is 3. The maximum absolute atomic E-state index is 12.7. The topological polar surface area (TPSA) is 128 Å². The third-order valence-corrected chi connectivity index (χ3v) is 6.11. The molecule has 4 heterocycles. The largest absolute Gasteiger partial charge is 0.454 e. The maximum atomic E-state index is 12.7. The fourth-order valence-corrected chi connectivity index (χ4v) is 4.51. The van der Waals surface area contributed by atoms with Crippen LogP contribution in [0.4, 0.5) is 4.79 Å². The summed E-state index contributed by atoms with van der Waals surface area (Å²) in [4.78, 5) is 47.4.